The Balaban J connectivity index is 0.954. The van der Waals surface area contributed by atoms with Gasteiger partial charge in [-0.15, -0.1) is 11.3 Å². The van der Waals surface area contributed by atoms with E-state index in [1.165, 1.54) is 47.5 Å². The van der Waals surface area contributed by atoms with Crippen molar-refractivity contribution >= 4 is 75.3 Å². The van der Waals surface area contributed by atoms with E-state index in [9.17, 15) is 0 Å². The van der Waals surface area contributed by atoms with E-state index in [0.29, 0.717) is 17.5 Å². The quantitative estimate of drug-likeness (QED) is 0.168. The number of furan rings is 1. The zero-order valence-electron chi connectivity index (χ0n) is 33.7. The number of thiophene rings is 1. The van der Waals surface area contributed by atoms with E-state index < -0.39 is 0 Å². The molecule has 0 spiro atoms. The largest absolute Gasteiger partial charge is 0.456 e. The Bertz CT molecular complexity index is 3850. The number of benzene rings is 9. The van der Waals surface area contributed by atoms with E-state index in [2.05, 4.69) is 162 Å². The number of nitrogens with zero attached hydrogens (tertiary/aromatic N) is 4. The average molecular weight is 823 g/mol. The zero-order valence-corrected chi connectivity index (χ0v) is 34.6. The molecule has 0 saturated carbocycles. The van der Waals surface area contributed by atoms with E-state index in [1.807, 2.05) is 59.9 Å². The molecular formula is C57H34N4OS. The molecule has 0 amide bonds. The smallest absolute Gasteiger partial charge is 0.164 e. The lowest BCUT2D eigenvalue weighted by Crippen LogP contribution is -2.00. The molecule has 0 saturated heterocycles. The van der Waals surface area contributed by atoms with Gasteiger partial charge in [0.05, 0.1) is 11.0 Å². The maximum Gasteiger partial charge on any atom is 0.164 e. The van der Waals surface area contributed by atoms with Gasteiger partial charge >= 0.3 is 0 Å². The molecule has 5 nitrogen and oxygen atoms in total. The minimum Gasteiger partial charge on any atom is -0.456 e. The molecule has 294 valence electrons. The molecule has 0 bridgehead atoms. The first kappa shape index (κ1) is 35.6. The van der Waals surface area contributed by atoms with Gasteiger partial charge in [0.1, 0.15) is 11.2 Å². The van der Waals surface area contributed by atoms with Crippen molar-refractivity contribution < 1.29 is 4.42 Å². The van der Waals surface area contributed by atoms with Crippen LogP contribution in [0.15, 0.2) is 211 Å². The fourth-order valence-corrected chi connectivity index (χ4v) is 10.5. The summed E-state index contributed by atoms with van der Waals surface area (Å²) in [5.74, 6) is 1.82. The van der Waals surface area contributed by atoms with Crippen LogP contribution in [0.2, 0.25) is 0 Å². The Morgan fingerprint density at radius 2 is 0.937 bits per heavy atom. The van der Waals surface area contributed by atoms with Crippen LogP contribution in [-0.4, -0.2) is 19.5 Å². The summed E-state index contributed by atoms with van der Waals surface area (Å²) in [7, 11) is 0. The molecule has 4 aromatic heterocycles. The molecule has 0 N–H and O–H groups in total. The predicted molar refractivity (Wildman–Crippen MR) is 262 cm³/mol. The van der Waals surface area contributed by atoms with Crippen molar-refractivity contribution in [2.75, 3.05) is 0 Å². The summed E-state index contributed by atoms with van der Waals surface area (Å²) in [5.41, 5.74) is 12.5. The van der Waals surface area contributed by atoms with Gasteiger partial charge in [0.25, 0.3) is 0 Å². The monoisotopic (exact) mass is 822 g/mol. The van der Waals surface area contributed by atoms with Gasteiger partial charge in [-0.3, -0.25) is 0 Å². The van der Waals surface area contributed by atoms with Crippen LogP contribution < -0.4 is 0 Å². The highest BCUT2D eigenvalue weighted by molar-refractivity contribution is 7.26. The first-order valence-electron chi connectivity index (χ1n) is 21.1. The maximum absolute atomic E-state index is 6.57. The minimum absolute atomic E-state index is 0.592. The van der Waals surface area contributed by atoms with Gasteiger partial charge in [-0.25, -0.2) is 15.0 Å². The van der Waals surface area contributed by atoms with Crippen LogP contribution in [-0.2, 0) is 0 Å². The van der Waals surface area contributed by atoms with Gasteiger partial charge < -0.3 is 8.98 Å². The molecular weight excluding hydrogens is 789 g/mol. The van der Waals surface area contributed by atoms with Gasteiger partial charge in [0.15, 0.2) is 17.5 Å². The molecule has 0 fully saturated rings. The first-order valence-corrected chi connectivity index (χ1v) is 21.9. The molecule has 0 atom stereocenters. The highest BCUT2D eigenvalue weighted by Crippen LogP contribution is 2.44. The van der Waals surface area contributed by atoms with E-state index in [1.54, 1.807) is 0 Å². The van der Waals surface area contributed by atoms with E-state index in [0.717, 1.165) is 61.0 Å². The van der Waals surface area contributed by atoms with Crippen molar-refractivity contribution in [2.24, 2.45) is 0 Å². The summed E-state index contributed by atoms with van der Waals surface area (Å²) in [6, 6.07) is 72.6. The lowest BCUT2D eigenvalue weighted by Gasteiger charge is -2.10. The SMILES string of the molecule is c1ccc(-c2ccc(-c3nc(-c4ccccc4)nc(-c4cccc5oc6ccc(-c7cccc8sc9cc(-n%10c%11ccccc%11c%11ccccc%11%10)ccc9c78)cc6c45)n3)cc2)cc1. The number of hydrogen-bond acceptors (Lipinski definition) is 5. The van der Waals surface area contributed by atoms with Crippen molar-refractivity contribution in [2.45, 2.75) is 0 Å². The number of aromatic nitrogens is 4. The number of rotatable bonds is 6. The number of hydrogen-bond donors (Lipinski definition) is 0. The van der Waals surface area contributed by atoms with Crippen LogP contribution in [0.3, 0.4) is 0 Å². The van der Waals surface area contributed by atoms with Crippen LogP contribution in [0.5, 0.6) is 0 Å². The molecule has 0 radical (unpaired) electrons. The Kier molecular flexibility index (Phi) is 8.01. The topological polar surface area (TPSA) is 56.7 Å². The summed E-state index contributed by atoms with van der Waals surface area (Å²) in [5, 5.41) is 7.02. The van der Waals surface area contributed by atoms with Crippen LogP contribution in [0.4, 0.5) is 0 Å². The molecule has 4 heterocycles. The van der Waals surface area contributed by atoms with Crippen LogP contribution >= 0.6 is 11.3 Å². The van der Waals surface area contributed by atoms with Gasteiger partial charge in [-0.1, -0.05) is 158 Å². The second kappa shape index (κ2) is 14.2. The zero-order chi connectivity index (χ0) is 41.4. The third kappa shape index (κ3) is 5.80. The Labute approximate surface area is 365 Å². The van der Waals surface area contributed by atoms with Crippen molar-refractivity contribution in [3.8, 4) is 62.1 Å². The fraction of sp³-hybridized carbons (Fsp3) is 0. The second-order valence-corrected chi connectivity index (χ2v) is 17.0. The standard InChI is InChI=1S/C57H34N4OS/c1-3-13-35(14-4-1)36-25-27-38(28-26-36)56-58-55(37-15-5-2-6-16-37)59-57(60-56)45-20-11-23-50-53(45)46-33-39(29-32-49(46)62-50)41-19-12-24-51-54(41)44-31-30-40(34-52(44)63-51)61-47-21-9-7-17-42(47)43-18-8-10-22-48(43)61/h1-34H. The summed E-state index contributed by atoms with van der Waals surface area (Å²) < 4.78 is 11.5. The highest BCUT2D eigenvalue weighted by Gasteiger charge is 2.20. The predicted octanol–water partition coefficient (Wildman–Crippen LogP) is 15.6. The number of para-hydroxylation sites is 2. The lowest BCUT2D eigenvalue weighted by molar-refractivity contribution is 0.669. The Morgan fingerprint density at radius 3 is 1.68 bits per heavy atom. The molecule has 0 aliphatic heterocycles. The van der Waals surface area contributed by atoms with Crippen LogP contribution in [0.25, 0.3) is 126 Å². The third-order valence-corrected chi connectivity index (χ3v) is 13.4. The van der Waals surface area contributed by atoms with Crippen molar-refractivity contribution in [1.82, 2.24) is 19.5 Å². The van der Waals surface area contributed by atoms with Gasteiger partial charge in [-0.2, -0.15) is 0 Å². The minimum atomic E-state index is 0.592. The average Bonchev–Trinajstić information content (AvgIpc) is 4.03. The third-order valence-electron chi connectivity index (χ3n) is 12.3. The Morgan fingerprint density at radius 1 is 0.349 bits per heavy atom. The molecule has 63 heavy (non-hydrogen) atoms. The Hall–Kier alpha value is -8.19. The van der Waals surface area contributed by atoms with Crippen molar-refractivity contribution in [3.63, 3.8) is 0 Å². The molecule has 13 aromatic rings. The molecule has 13 rings (SSSR count). The van der Waals surface area contributed by atoms with Crippen molar-refractivity contribution in [3.05, 3.63) is 206 Å². The molecule has 0 aliphatic carbocycles. The van der Waals surface area contributed by atoms with Gasteiger partial charge in [0, 0.05) is 64.1 Å². The highest BCUT2D eigenvalue weighted by atomic mass is 32.1. The van der Waals surface area contributed by atoms with Gasteiger partial charge in [0.2, 0.25) is 0 Å². The summed E-state index contributed by atoms with van der Waals surface area (Å²) >= 11 is 1.84. The second-order valence-electron chi connectivity index (χ2n) is 15.9. The van der Waals surface area contributed by atoms with Crippen molar-refractivity contribution in [1.29, 1.82) is 0 Å². The van der Waals surface area contributed by atoms with Gasteiger partial charge in [-0.05, 0) is 70.8 Å². The maximum atomic E-state index is 6.57. The van der Waals surface area contributed by atoms with E-state index in [-0.39, 0.29) is 0 Å². The number of fused-ring (bicyclic) bond motifs is 9. The molecule has 0 unspecified atom stereocenters. The van der Waals surface area contributed by atoms with Crippen LogP contribution in [0, 0.1) is 0 Å². The lowest BCUT2D eigenvalue weighted by atomic mass is 9.97. The summed E-state index contributed by atoms with van der Waals surface area (Å²) in [6.07, 6.45) is 0. The normalized spacial score (nSPS) is 11.8. The van der Waals surface area contributed by atoms with E-state index in [4.69, 9.17) is 19.4 Å². The molecule has 6 heteroatoms. The van der Waals surface area contributed by atoms with E-state index >= 15 is 0 Å². The summed E-state index contributed by atoms with van der Waals surface area (Å²) in [6.45, 7) is 0. The molecule has 9 aromatic carbocycles. The fourth-order valence-electron chi connectivity index (χ4n) is 9.36. The first-order chi connectivity index (χ1) is 31.2. The molecule has 0 aliphatic rings. The van der Waals surface area contributed by atoms with Crippen LogP contribution in [0.1, 0.15) is 0 Å². The summed E-state index contributed by atoms with van der Waals surface area (Å²) in [4.78, 5) is 15.4.